The van der Waals surface area contributed by atoms with Gasteiger partial charge >= 0.3 is 0 Å². The topological polar surface area (TPSA) is 70.7 Å². The number of benzene rings is 2. The van der Waals surface area contributed by atoms with E-state index in [1.807, 2.05) is 24.4 Å². The van der Waals surface area contributed by atoms with Gasteiger partial charge in [0.25, 0.3) is 0 Å². The normalized spacial score (nSPS) is 11.1. The molecule has 0 saturated heterocycles. The zero-order chi connectivity index (χ0) is 19.9. The van der Waals surface area contributed by atoms with Crippen LogP contribution >= 0.6 is 24.0 Å². The molecule has 0 aliphatic heterocycles. The largest absolute Gasteiger partial charge is 0.493 e. The molecule has 3 N–H and O–H groups in total. The Bertz CT molecular complexity index is 974. The lowest BCUT2D eigenvalue weighted by Crippen LogP contribution is -2.37. The van der Waals surface area contributed by atoms with Crippen molar-refractivity contribution in [3.8, 4) is 11.5 Å². The highest BCUT2D eigenvalue weighted by Crippen LogP contribution is 2.30. The number of aromatic nitrogens is 1. The number of aliphatic imine (C=N–C) groups is 1. The molecule has 6 nitrogen and oxygen atoms in total. The monoisotopic (exact) mass is 512 g/mol. The molecule has 2 aromatic carbocycles. The van der Waals surface area contributed by atoms with Crippen molar-refractivity contribution in [2.24, 2.45) is 4.99 Å². The molecule has 0 saturated carbocycles. The number of ether oxygens (including phenoxy) is 2. The van der Waals surface area contributed by atoms with Crippen LogP contribution in [-0.4, -0.2) is 38.8 Å². The Kier molecular flexibility index (Phi) is 8.56. The van der Waals surface area contributed by atoms with E-state index in [-0.39, 0.29) is 29.8 Å². The summed E-state index contributed by atoms with van der Waals surface area (Å²) in [5.41, 5.74) is 2.97. The SMILES string of the molecule is CN=C(NCCc1c[nH]c2ccc(F)cc12)NCc1cccc(OC)c1OC.I. The number of para-hydroxylation sites is 1. The Labute approximate surface area is 186 Å². The summed E-state index contributed by atoms with van der Waals surface area (Å²) >= 11 is 0. The van der Waals surface area contributed by atoms with Gasteiger partial charge in [-0.25, -0.2) is 4.39 Å². The zero-order valence-corrected chi connectivity index (χ0v) is 19.0. The predicted molar refractivity (Wildman–Crippen MR) is 125 cm³/mol. The van der Waals surface area contributed by atoms with Gasteiger partial charge in [-0.1, -0.05) is 12.1 Å². The van der Waals surface area contributed by atoms with Gasteiger partial charge in [0.05, 0.1) is 14.2 Å². The van der Waals surface area contributed by atoms with Gasteiger partial charge in [-0.2, -0.15) is 0 Å². The number of hydrogen-bond acceptors (Lipinski definition) is 3. The molecule has 1 aromatic heterocycles. The fourth-order valence-electron chi connectivity index (χ4n) is 3.17. The van der Waals surface area contributed by atoms with E-state index >= 15 is 0 Å². The molecule has 0 amide bonds. The summed E-state index contributed by atoms with van der Waals surface area (Å²) in [7, 11) is 4.96. The van der Waals surface area contributed by atoms with Gasteiger partial charge in [0.15, 0.2) is 17.5 Å². The first-order chi connectivity index (χ1) is 13.7. The molecule has 0 atom stereocenters. The minimum absolute atomic E-state index is 0. The summed E-state index contributed by atoms with van der Waals surface area (Å²) in [6.07, 6.45) is 2.66. The second kappa shape index (κ2) is 10.9. The summed E-state index contributed by atoms with van der Waals surface area (Å²) in [6, 6.07) is 10.5. The molecular formula is C21H26FIN4O2. The van der Waals surface area contributed by atoms with Gasteiger partial charge in [-0.3, -0.25) is 4.99 Å². The maximum atomic E-state index is 13.5. The third-order valence-electron chi connectivity index (χ3n) is 4.57. The molecule has 8 heteroatoms. The van der Waals surface area contributed by atoms with Crippen molar-refractivity contribution in [3.63, 3.8) is 0 Å². The third-order valence-corrected chi connectivity index (χ3v) is 4.57. The Balaban J connectivity index is 0.00000300. The number of methoxy groups -OCH3 is 2. The summed E-state index contributed by atoms with van der Waals surface area (Å²) in [4.78, 5) is 7.42. The van der Waals surface area contributed by atoms with Crippen molar-refractivity contribution >= 4 is 40.8 Å². The van der Waals surface area contributed by atoms with Crippen LogP contribution in [0.2, 0.25) is 0 Å². The highest BCUT2D eigenvalue weighted by Gasteiger charge is 2.10. The number of nitrogens with one attached hydrogen (secondary N) is 3. The van der Waals surface area contributed by atoms with Gasteiger partial charge in [0.2, 0.25) is 0 Å². The molecule has 0 aliphatic rings. The van der Waals surface area contributed by atoms with E-state index in [1.165, 1.54) is 6.07 Å². The van der Waals surface area contributed by atoms with Gasteiger partial charge < -0.3 is 25.1 Å². The van der Waals surface area contributed by atoms with Crippen LogP contribution in [0, 0.1) is 5.82 Å². The average molecular weight is 512 g/mol. The number of nitrogens with zero attached hydrogens (tertiary/aromatic N) is 1. The van der Waals surface area contributed by atoms with Crippen molar-refractivity contribution in [1.82, 2.24) is 15.6 Å². The third kappa shape index (κ3) is 5.53. The van der Waals surface area contributed by atoms with Gasteiger partial charge in [-0.15, -0.1) is 24.0 Å². The fourth-order valence-corrected chi connectivity index (χ4v) is 3.17. The first kappa shape index (κ1) is 22.8. The van der Waals surface area contributed by atoms with Crippen LogP contribution in [0.25, 0.3) is 10.9 Å². The van der Waals surface area contributed by atoms with Crippen LogP contribution in [0.5, 0.6) is 11.5 Å². The summed E-state index contributed by atoms with van der Waals surface area (Å²) < 4.78 is 24.3. The maximum Gasteiger partial charge on any atom is 0.191 e. The van der Waals surface area contributed by atoms with Gasteiger partial charge in [0, 0.05) is 42.8 Å². The molecule has 0 bridgehead atoms. The minimum atomic E-state index is -0.231. The summed E-state index contributed by atoms with van der Waals surface area (Å²) in [5.74, 6) is 1.84. The van der Waals surface area contributed by atoms with Crippen LogP contribution in [0.1, 0.15) is 11.1 Å². The maximum absolute atomic E-state index is 13.5. The van der Waals surface area contributed by atoms with Crippen molar-refractivity contribution in [2.75, 3.05) is 27.8 Å². The Hall–Kier alpha value is -2.49. The first-order valence-corrected chi connectivity index (χ1v) is 9.06. The lowest BCUT2D eigenvalue weighted by Gasteiger charge is -2.15. The second-order valence-electron chi connectivity index (χ2n) is 6.26. The fraction of sp³-hybridized carbons (Fsp3) is 0.286. The number of guanidine groups is 1. The van der Waals surface area contributed by atoms with Crippen molar-refractivity contribution in [1.29, 1.82) is 0 Å². The van der Waals surface area contributed by atoms with E-state index in [2.05, 4.69) is 20.6 Å². The quantitative estimate of drug-likeness (QED) is 0.256. The average Bonchev–Trinajstić information content (AvgIpc) is 3.12. The number of rotatable bonds is 7. The van der Waals surface area contributed by atoms with E-state index < -0.39 is 0 Å². The molecule has 29 heavy (non-hydrogen) atoms. The van der Waals surface area contributed by atoms with E-state index in [9.17, 15) is 4.39 Å². The van der Waals surface area contributed by atoms with Crippen molar-refractivity contribution in [3.05, 3.63) is 59.5 Å². The highest BCUT2D eigenvalue weighted by molar-refractivity contribution is 14.0. The van der Waals surface area contributed by atoms with E-state index in [0.29, 0.717) is 30.5 Å². The zero-order valence-electron chi connectivity index (χ0n) is 16.7. The van der Waals surface area contributed by atoms with E-state index in [0.717, 1.165) is 28.5 Å². The predicted octanol–water partition coefficient (Wildman–Crippen LogP) is 3.85. The molecule has 3 rings (SSSR count). The van der Waals surface area contributed by atoms with Crippen molar-refractivity contribution in [2.45, 2.75) is 13.0 Å². The lowest BCUT2D eigenvalue weighted by atomic mass is 10.1. The van der Waals surface area contributed by atoms with Gasteiger partial charge in [0.1, 0.15) is 5.82 Å². The Morgan fingerprint density at radius 3 is 2.66 bits per heavy atom. The minimum Gasteiger partial charge on any atom is -0.493 e. The molecule has 0 fully saturated rings. The molecule has 3 aromatic rings. The van der Waals surface area contributed by atoms with Crippen molar-refractivity contribution < 1.29 is 13.9 Å². The molecular weight excluding hydrogens is 486 g/mol. The Morgan fingerprint density at radius 2 is 1.93 bits per heavy atom. The molecule has 0 radical (unpaired) electrons. The lowest BCUT2D eigenvalue weighted by molar-refractivity contribution is 0.351. The van der Waals surface area contributed by atoms with E-state index in [1.54, 1.807) is 33.4 Å². The highest BCUT2D eigenvalue weighted by atomic mass is 127. The second-order valence-corrected chi connectivity index (χ2v) is 6.26. The van der Waals surface area contributed by atoms with Crippen LogP contribution in [0.15, 0.2) is 47.6 Å². The first-order valence-electron chi connectivity index (χ1n) is 9.06. The standard InChI is InChI=1S/C21H25FN4O2.HI/c1-23-21(26-13-15-5-4-6-19(27-2)20(15)28-3)24-10-9-14-12-25-18-8-7-16(22)11-17(14)18;/h4-8,11-12,25H,9-10,13H2,1-3H3,(H2,23,24,26);1H. The van der Waals surface area contributed by atoms with Crippen LogP contribution < -0.4 is 20.1 Å². The molecule has 0 unspecified atom stereocenters. The number of fused-ring (bicyclic) bond motifs is 1. The molecule has 1 heterocycles. The molecule has 0 spiro atoms. The number of halogens is 2. The van der Waals surface area contributed by atoms with Crippen LogP contribution in [0.3, 0.4) is 0 Å². The van der Waals surface area contributed by atoms with Crippen LogP contribution in [-0.2, 0) is 13.0 Å². The number of H-pyrrole nitrogens is 1. The smallest absolute Gasteiger partial charge is 0.191 e. The summed E-state index contributed by atoms with van der Waals surface area (Å²) in [5, 5.41) is 7.46. The van der Waals surface area contributed by atoms with Gasteiger partial charge in [-0.05, 0) is 36.2 Å². The Morgan fingerprint density at radius 1 is 1.10 bits per heavy atom. The number of aromatic amines is 1. The molecule has 0 aliphatic carbocycles. The summed E-state index contributed by atoms with van der Waals surface area (Å²) in [6.45, 7) is 1.21. The number of hydrogen-bond donors (Lipinski definition) is 3. The van der Waals surface area contributed by atoms with E-state index in [4.69, 9.17) is 9.47 Å². The molecule has 156 valence electrons. The van der Waals surface area contributed by atoms with Crippen LogP contribution in [0.4, 0.5) is 4.39 Å².